The molecule has 0 aliphatic carbocycles. The van der Waals surface area contributed by atoms with E-state index in [9.17, 15) is 4.79 Å². The number of likely N-dealkylation sites (tertiary alicyclic amines) is 2. The van der Waals surface area contributed by atoms with Crippen LogP contribution >= 0.6 is 11.3 Å². The van der Waals surface area contributed by atoms with E-state index in [2.05, 4.69) is 25.3 Å². The van der Waals surface area contributed by atoms with Crippen LogP contribution in [-0.4, -0.2) is 74.4 Å². The average Bonchev–Trinajstić information content (AvgIpc) is 3.45. The SMILES string of the molecule is O=C(c1ccc2n[nH]nc2c1)N1CCC(N2CCC(Oc3nccs3)CC2)CC1. The van der Waals surface area contributed by atoms with Crippen molar-refractivity contribution in [1.82, 2.24) is 30.2 Å². The summed E-state index contributed by atoms with van der Waals surface area (Å²) in [4.78, 5) is 21.6. The van der Waals surface area contributed by atoms with Gasteiger partial charge in [0.05, 0.1) is 0 Å². The van der Waals surface area contributed by atoms with Crippen LogP contribution in [0.15, 0.2) is 29.8 Å². The number of thiazole rings is 1. The smallest absolute Gasteiger partial charge is 0.273 e. The minimum atomic E-state index is 0.0870. The summed E-state index contributed by atoms with van der Waals surface area (Å²) in [5.74, 6) is 0.0870. The van der Waals surface area contributed by atoms with Gasteiger partial charge in [0, 0.05) is 49.4 Å². The van der Waals surface area contributed by atoms with Crippen LogP contribution in [-0.2, 0) is 0 Å². The number of piperidine rings is 2. The summed E-state index contributed by atoms with van der Waals surface area (Å²) >= 11 is 1.55. The van der Waals surface area contributed by atoms with Crippen molar-refractivity contribution in [2.75, 3.05) is 26.2 Å². The average molecular weight is 413 g/mol. The Bertz CT molecular complexity index is 958. The Morgan fingerprint density at radius 3 is 2.62 bits per heavy atom. The number of amides is 1. The zero-order chi connectivity index (χ0) is 19.6. The molecule has 5 rings (SSSR count). The highest BCUT2D eigenvalue weighted by Gasteiger charge is 2.30. The lowest BCUT2D eigenvalue weighted by molar-refractivity contribution is 0.0425. The van der Waals surface area contributed by atoms with Gasteiger partial charge < -0.3 is 9.64 Å². The van der Waals surface area contributed by atoms with E-state index in [1.54, 1.807) is 17.5 Å². The van der Waals surface area contributed by atoms with Crippen molar-refractivity contribution in [2.45, 2.75) is 37.8 Å². The third kappa shape index (κ3) is 3.97. The summed E-state index contributed by atoms with van der Waals surface area (Å²) < 4.78 is 5.97. The fraction of sp³-hybridized carbons (Fsp3) is 0.500. The number of nitrogens with one attached hydrogen (secondary N) is 1. The highest BCUT2D eigenvalue weighted by atomic mass is 32.1. The molecule has 1 aromatic carbocycles. The fourth-order valence-electron chi connectivity index (χ4n) is 4.36. The Labute approximate surface area is 172 Å². The number of nitrogens with zero attached hydrogens (tertiary/aromatic N) is 5. The Kier molecular flexibility index (Phi) is 5.15. The van der Waals surface area contributed by atoms with Gasteiger partial charge in [-0.05, 0) is 43.9 Å². The molecule has 0 saturated carbocycles. The van der Waals surface area contributed by atoms with Gasteiger partial charge in [0.1, 0.15) is 17.1 Å². The van der Waals surface area contributed by atoms with Crippen LogP contribution in [0.4, 0.5) is 0 Å². The maximum Gasteiger partial charge on any atom is 0.273 e. The van der Waals surface area contributed by atoms with E-state index in [4.69, 9.17) is 4.74 Å². The van der Waals surface area contributed by atoms with Crippen molar-refractivity contribution < 1.29 is 9.53 Å². The molecule has 3 aromatic rings. The Hall–Kier alpha value is -2.52. The fourth-order valence-corrected chi connectivity index (χ4v) is 4.91. The number of aromatic amines is 1. The van der Waals surface area contributed by atoms with Gasteiger partial charge in [0.25, 0.3) is 11.1 Å². The summed E-state index contributed by atoms with van der Waals surface area (Å²) in [5, 5.41) is 13.4. The van der Waals surface area contributed by atoms with Crippen molar-refractivity contribution in [1.29, 1.82) is 0 Å². The first kappa shape index (κ1) is 18.5. The standard InChI is InChI=1S/C20H24N6O2S/c27-19(14-1-2-17-18(13-14)23-24-22-17)26-8-3-15(4-9-26)25-10-5-16(6-11-25)28-20-21-7-12-29-20/h1-2,7,12-13,15-16H,3-6,8-11H2,(H,22,23,24). The molecule has 0 atom stereocenters. The lowest BCUT2D eigenvalue weighted by Crippen LogP contribution is -2.50. The van der Waals surface area contributed by atoms with Gasteiger partial charge in [-0.25, -0.2) is 4.98 Å². The van der Waals surface area contributed by atoms with E-state index in [0.717, 1.165) is 68.1 Å². The van der Waals surface area contributed by atoms with Crippen molar-refractivity contribution in [3.05, 3.63) is 35.3 Å². The molecule has 2 fully saturated rings. The molecule has 29 heavy (non-hydrogen) atoms. The Balaban J connectivity index is 1.12. The van der Waals surface area contributed by atoms with E-state index >= 15 is 0 Å². The lowest BCUT2D eigenvalue weighted by atomic mass is 9.98. The van der Waals surface area contributed by atoms with Crippen molar-refractivity contribution in [3.8, 4) is 5.19 Å². The molecule has 9 heteroatoms. The second-order valence-electron chi connectivity index (χ2n) is 7.70. The van der Waals surface area contributed by atoms with Gasteiger partial charge >= 0.3 is 0 Å². The summed E-state index contributed by atoms with van der Waals surface area (Å²) in [5.41, 5.74) is 2.20. The van der Waals surface area contributed by atoms with Gasteiger partial charge in [-0.1, -0.05) is 11.3 Å². The normalized spacial score (nSPS) is 19.7. The molecular weight excluding hydrogens is 388 g/mol. The summed E-state index contributed by atoms with van der Waals surface area (Å²) in [6, 6.07) is 6.06. The predicted octanol–water partition coefficient (Wildman–Crippen LogP) is 2.56. The van der Waals surface area contributed by atoms with Crippen LogP contribution in [0, 0.1) is 0 Å². The van der Waals surface area contributed by atoms with Crippen LogP contribution in [0.5, 0.6) is 5.19 Å². The van der Waals surface area contributed by atoms with Crippen LogP contribution in [0.3, 0.4) is 0 Å². The van der Waals surface area contributed by atoms with Crippen LogP contribution < -0.4 is 4.74 Å². The molecule has 1 N–H and O–H groups in total. The number of H-pyrrole nitrogens is 1. The number of hydrogen-bond acceptors (Lipinski definition) is 7. The Morgan fingerprint density at radius 1 is 1.07 bits per heavy atom. The van der Waals surface area contributed by atoms with Crippen molar-refractivity contribution in [2.24, 2.45) is 0 Å². The molecule has 1 amide bonds. The topological polar surface area (TPSA) is 87.2 Å². The first-order valence-electron chi connectivity index (χ1n) is 10.2. The molecule has 0 spiro atoms. The zero-order valence-corrected chi connectivity index (χ0v) is 17.0. The molecule has 2 aliphatic rings. The van der Waals surface area contributed by atoms with E-state index in [1.165, 1.54) is 0 Å². The lowest BCUT2D eigenvalue weighted by Gasteiger charge is -2.41. The first-order chi connectivity index (χ1) is 14.3. The van der Waals surface area contributed by atoms with E-state index in [-0.39, 0.29) is 12.0 Å². The minimum Gasteiger partial charge on any atom is -0.467 e. The van der Waals surface area contributed by atoms with E-state index in [0.29, 0.717) is 11.6 Å². The van der Waals surface area contributed by atoms with E-state index in [1.807, 2.05) is 28.5 Å². The molecule has 2 aliphatic heterocycles. The molecule has 152 valence electrons. The molecule has 0 bridgehead atoms. The number of carbonyl (C=O) groups is 1. The number of fused-ring (bicyclic) bond motifs is 1. The predicted molar refractivity (Wildman–Crippen MR) is 110 cm³/mol. The van der Waals surface area contributed by atoms with Crippen LogP contribution in [0.2, 0.25) is 0 Å². The second kappa shape index (κ2) is 8.08. The number of carbonyl (C=O) groups excluding carboxylic acids is 1. The van der Waals surface area contributed by atoms with Crippen LogP contribution in [0.1, 0.15) is 36.0 Å². The maximum atomic E-state index is 12.9. The molecular formula is C20H24N6O2S. The number of benzene rings is 1. The maximum absolute atomic E-state index is 12.9. The molecule has 2 saturated heterocycles. The first-order valence-corrected chi connectivity index (χ1v) is 11.0. The second-order valence-corrected chi connectivity index (χ2v) is 8.56. The van der Waals surface area contributed by atoms with Gasteiger partial charge in [-0.15, -0.1) is 0 Å². The molecule has 8 nitrogen and oxygen atoms in total. The third-order valence-electron chi connectivity index (χ3n) is 5.99. The number of rotatable bonds is 4. The quantitative estimate of drug-likeness (QED) is 0.709. The highest BCUT2D eigenvalue weighted by Crippen LogP contribution is 2.25. The summed E-state index contributed by atoms with van der Waals surface area (Å²) in [6.07, 6.45) is 6.18. The third-order valence-corrected chi connectivity index (χ3v) is 6.65. The molecule has 0 radical (unpaired) electrons. The number of hydrogen-bond donors (Lipinski definition) is 1. The minimum absolute atomic E-state index is 0.0870. The molecule has 4 heterocycles. The monoisotopic (exact) mass is 412 g/mol. The van der Waals surface area contributed by atoms with Crippen LogP contribution in [0.25, 0.3) is 11.0 Å². The molecule has 2 aromatic heterocycles. The number of ether oxygens (including phenoxy) is 1. The van der Waals surface area contributed by atoms with Gasteiger partial charge in [-0.3, -0.25) is 9.69 Å². The van der Waals surface area contributed by atoms with Gasteiger partial charge in [-0.2, -0.15) is 15.4 Å². The largest absolute Gasteiger partial charge is 0.467 e. The summed E-state index contributed by atoms with van der Waals surface area (Å²) in [7, 11) is 0. The zero-order valence-electron chi connectivity index (χ0n) is 16.2. The van der Waals surface area contributed by atoms with Gasteiger partial charge in [0.2, 0.25) is 0 Å². The Morgan fingerprint density at radius 2 is 1.86 bits per heavy atom. The van der Waals surface area contributed by atoms with Crippen molar-refractivity contribution >= 4 is 28.3 Å². The van der Waals surface area contributed by atoms with E-state index < -0.39 is 0 Å². The van der Waals surface area contributed by atoms with Crippen molar-refractivity contribution in [3.63, 3.8) is 0 Å². The number of aromatic nitrogens is 4. The highest BCUT2D eigenvalue weighted by molar-refractivity contribution is 7.11. The van der Waals surface area contributed by atoms with Gasteiger partial charge in [0.15, 0.2) is 0 Å². The summed E-state index contributed by atoms with van der Waals surface area (Å²) in [6.45, 7) is 3.71. The molecule has 0 unspecified atom stereocenters.